The molecule has 0 atom stereocenters. The molecule has 1 aromatic carbocycles. The fourth-order valence-corrected chi connectivity index (χ4v) is 3.80. The van der Waals surface area contributed by atoms with Crippen LogP contribution >= 0.6 is 11.6 Å². The van der Waals surface area contributed by atoms with Crippen molar-refractivity contribution in [1.29, 1.82) is 0 Å². The number of nitrogens with zero attached hydrogens (tertiary/aromatic N) is 1. The molecule has 1 saturated carbocycles. The first-order valence-corrected chi connectivity index (χ1v) is 9.54. The number of hydrogen-bond acceptors (Lipinski definition) is 3. The Balaban J connectivity index is 2.20. The second kappa shape index (κ2) is 6.87. The lowest BCUT2D eigenvalue weighted by atomic mass is 10.2. The molecule has 0 bridgehead atoms. The molecule has 1 amide bonds. The molecule has 1 N–H and O–H groups in total. The Bertz CT molecular complexity index is 655. The third kappa shape index (κ3) is 4.14. The second-order valence-electron chi connectivity index (χ2n) is 5.70. The molecule has 0 radical (unpaired) electrons. The number of halogens is 1. The summed E-state index contributed by atoms with van der Waals surface area (Å²) in [6.07, 6.45) is 5.22. The van der Waals surface area contributed by atoms with Crippen LogP contribution in [0.5, 0.6) is 0 Å². The van der Waals surface area contributed by atoms with Crippen molar-refractivity contribution in [1.82, 2.24) is 5.32 Å². The number of carbonyl (C=O) groups is 1. The van der Waals surface area contributed by atoms with Gasteiger partial charge in [-0.1, -0.05) is 30.5 Å². The molecular weight excluding hydrogens is 324 g/mol. The van der Waals surface area contributed by atoms with Gasteiger partial charge < -0.3 is 5.32 Å². The Labute approximate surface area is 136 Å². The molecule has 122 valence electrons. The molecule has 2 rings (SSSR count). The van der Waals surface area contributed by atoms with Gasteiger partial charge in [0.1, 0.15) is 6.54 Å². The van der Waals surface area contributed by atoms with Gasteiger partial charge in [0.15, 0.2) is 0 Å². The Morgan fingerprint density at radius 2 is 2.00 bits per heavy atom. The molecule has 1 aliphatic rings. The van der Waals surface area contributed by atoms with E-state index in [4.69, 9.17) is 11.6 Å². The minimum atomic E-state index is -3.57. The Hall–Kier alpha value is -1.27. The van der Waals surface area contributed by atoms with E-state index < -0.39 is 10.0 Å². The van der Waals surface area contributed by atoms with Crippen LogP contribution in [-0.2, 0) is 14.8 Å². The van der Waals surface area contributed by atoms with Gasteiger partial charge in [-0.2, -0.15) is 0 Å². The summed E-state index contributed by atoms with van der Waals surface area (Å²) < 4.78 is 25.3. The van der Waals surface area contributed by atoms with E-state index in [0.717, 1.165) is 36.2 Å². The number of carbonyl (C=O) groups excluding carboxylic acids is 1. The van der Waals surface area contributed by atoms with Crippen LogP contribution in [0.1, 0.15) is 31.2 Å². The number of nitrogens with one attached hydrogen (secondary N) is 1. The highest BCUT2D eigenvalue weighted by Gasteiger charge is 2.25. The summed E-state index contributed by atoms with van der Waals surface area (Å²) in [5, 5.41) is 3.38. The quantitative estimate of drug-likeness (QED) is 0.892. The van der Waals surface area contributed by atoms with E-state index in [0.29, 0.717) is 16.3 Å². The molecule has 0 unspecified atom stereocenters. The Kier molecular flexibility index (Phi) is 5.34. The van der Waals surface area contributed by atoms with Crippen molar-refractivity contribution in [3.8, 4) is 0 Å². The standard InChI is InChI=1S/C15H21ClN2O3S/c1-11-13(16)8-5-9-14(11)18(22(2,20)21)10-15(19)17-12-6-3-4-7-12/h5,8-9,12H,3-4,6-7,10H2,1-2H3,(H,17,19). The van der Waals surface area contributed by atoms with E-state index in [-0.39, 0.29) is 18.5 Å². The topological polar surface area (TPSA) is 66.5 Å². The first-order valence-electron chi connectivity index (χ1n) is 7.31. The first-order chi connectivity index (χ1) is 10.3. The summed E-state index contributed by atoms with van der Waals surface area (Å²) in [5.74, 6) is -0.281. The summed E-state index contributed by atoms with van der Waals surface area (Å²) in [7, 11) is -3.57. The Morgan fingerprint density at radius 3 is 2.59 bits per heavy atom. The minimum Gasteiger partial charge on any atom is -0.352 e. The molecule has 1 fully saturated rings. The van der Waals surface area contributed by atoms with Crippen molar-refractivity contribution in [2.75, 3.05) is 17.1 Å². The van der Waals surface area contributed by atoms with Crippen molar-refractivity contribution in [2.24, 2.45) is 0 Å². The number of benzene rings is 1. The summed E-state index contributed by atoms with van der Waals surface area (Å²) in [4.78, 5) is 12.2. The molecule has 0 aliphatic heterocycles. The van der Waals surface area contributed by atoms with Gasteiger partial charge in [0, 0.05) is 11.1 Å². The molecule has 0 heterocycles. The van der Waals surface area contributed by atoms with Gasteiger partial charge in [-0.3, -0.25) is 9.10 Å². The van der Waals surface area contributed by atoms with Gasteiger partial charge in [0.2, 0.25) is 15.9 Å². The van der Waals surface area contributed by atoms with Gasteiger partial charge in [0.25, 0.3) is 0 Å². The van der Waals surface area contributed by atoms with Crippen molar-refractivity contribution >= 4 is 33.2 Å². The first kappa shape index (κ1) is 17.1. The minimum absolute atomic E-state index is 0.161. The molecule has 7 heteroatoms. The average Bonchev–Trinajstić information content (AvgIpc) is 2.91. The van der Waals surface area contributed by atoms with Crippen molar-refractivity contribution in [3.63, 3.8) is 0 Å². The normalized spacial score (nSPS) is 15.8. The zero-order valence-corrected chi connectivity index (χ0v) is 14.4. The van der Waals surface area contributed by atoms with Crippen LogP contribution in [-0.4, -0.2) is 33.2 Å². The van der Waals surface area contributed by atoms with Crippen LogP contribution in [0, 0.1) is 6.92 Å². The van der Waals surface area contributed by atoms with Crippen molar-refractivity contribution in [3.05, 3.63) is 28.8 Å². The molecule has 1 aliphatic carbocycles. The molecule has 1 aromatic rings. The third-order valence-electron chi connectivity index (χ3n) is 3.92. The molecule has 0 aromatic heterocycles. The van der Waals surface area contributed by atoms with Crippen LogP contribution in [0.4, 0.5) is 5.69 Å². The number of hydrogen-bond donors (Lipinski definition) is 1. The highest BCUT2D eigenvalue weighted by molar-refractivity contribution is 7.92. The third-order valence-corrected chi connectivity index (χ3v) is 5.45. The fourth-order valence-electron chi connectivity index (χ4n) is 2.72. The maximum Gasteiger partial charge on any atom is 0.240 e. The van der Waals surface area contributed by atoms with E-state index in [2.05, 4.69) is 5.32 Å². The fraction of sp³-hybridized carbons (Fsp3) is 0.533. The van der Waals surface area contributed by atoms with Gasteiger partial charge in [-0.05, 0) is 37.5 Å². The van der Waals surface area contributed by atoms with Crippen LogP contribution in [0.15, 0.2) is 18.2 Å². The van der Waals surface area contributed by atoms with Crippen LogP contribution in [0.25, 0.3) is 0 Å². The van der Waals surface area contributed by atoms with Crippen LogP contribution in [0.2, 0.25) is 5.02 Å². The number of anilines is 1. The number of sulfonamides is 1. The van der Waals surface area contributed by atoms with Gasteiger partial charge >= 0.3 is 0 Å². The lowest BCUT2D eigenvalue weighted by Gasteiger charge is -2.24. The zero-order valence-electron chi connectivity index (χ0n) is 12.8. The van der Waals surface area contributed by atoms with E-state index in [1.54, 1.807) is 25.1 Å². The van der Waals surface area contributed by atoms with Crippen LogP contribution in [0.3, 0.4) is 0 Å². The van der Waals surface area contributed by atoms with Crippen molar-refractivity contribution < 1.29 is 13.2 Å². The van der Waals surface area contributed by atoms with Crippen LogP contribution < -0.4 is 9.62 Å². The van der Waals surface area contributed by atoms with Gasteiger partial charge in [-0.15, -0.1) is 0 Å². The predicted octanol–water partition coefficient (Wildman–Crippen LogP) is 2.47. The molecule has 0 spiro atoms. The van der Waals surface area contributed by atoms with E-state index in [1.165, 1.54) is 0 Å². The maximum atomic E-state index is 12.2. The van der Waals surface area contributed by atoms with E-state index in [1.807, 2.05) is 0 Å². The molecule has 5 nitrogen and oxygen atoms in total. The lowest BCUT2D eigenvalue weighted by Crippen LogP contribution is -2.43. The zero-order chi connectivity index (χ0) is 16.3. The monoisotopic (exact) mass is 344 g/mol. The average molecular weight is 345 g/mol. The summed E-state index contributed by atoms with van der Waals surface area (Å²) >= 11 is 6.06. The largest absolute Gasteiger partial charge is 0.352 e. The second-order valence-corrected chi connectivity index (χ2v) is 8.02. The predicted molar refractivity (Wildman–Crippen MR) is 88.8 cm³/mol. The molecular formula is C15H21ClN2O3S. The number of amides is 1. The summed E-state index contributed by atoms with van der Waals surface area (Å²) in [6.45, 7) is 1.52. The SMILES string of the molecule is Cc1c(Cl)cccc1N(CC(=O)NC1CCCC1)S(C)(=O)=O. The highest BCUT2D eigenvalue weighted by Crippen LogP contribution is 2.28. The summed E-state index contributed by atoms with van der Waals surface area (Å²) in [5.41, 5.74) is 1.08. The van der Waals surface area contributed by atoms with Crippen molar-refractivity contribution in [2.45, 2.75) is 38.6 Å². The molecule has 22 heavy (non-hydrogen) atoms. The van der Waals surface area contributed by atoms with E-state index in [9.17, 15) is 13.2 Å². The van der Waals surface area contributed by atoms with Gasteiger partial charge in [-0.25, -0.2) is 8.42 Å². The van der Waals surface area contributed by atoms with Gasteiger partial charge in [0.05, 0.1) is 11.9 Å². The summed E-state index contributed by atoms with van der Waals surface area (Å²) in [6, 6.07) is 5.19. The maximum absolute atomic E-state index is 12.2. The Morgan fingerprint density at radius 1 is 1.36 bits per heavy atom. The smallest absolute Gasteiger partial charge is 0.240 e. The van der Waals surface area contributed by atoms with E-state index >= 15 is 0 Å². The number of rotatable bonds is 5. The lowest BCUT2D eigenvalue weighted by molar-refractivity contribution is -0.120. The highest BCUT2D eigenvalue weighted by atomic mass is 35.5. The molecule has 0 saturated heterocycles.